The van der Waals surface area contributed by atoms with Crippen molar-refractivity contribution in [1.29, 1.82) is 0 Å². The molecule has 3 aromatic carbocycles. The topological polar surface area (TPSA) is 188 Å². The number of carbonyl (C=O) groups is 4. The molecule has 0 aliphatic heterocycles. The molecule has 0 heterocycles. The van der Waals surface area contributed by atoms with Gasteiger partial charge in [-0.05, 0) is 68.4 Å². The van der Waals surface area contributed by atoms with E-state index in [1.54, 1.807) is 20.8 Å². The highest BCUT2D eigenvalue weighted by Crippen LogP contribution is 2.44. The number of alkyl carbamates (subject to hydrolysis) is 2. The first-order valence-corrected chi connectivity index (χ1v) is 15.2. The van der Waals surface area contributed by atoms with Crippen LogP contribution in [-0.2, 0) is 23.8 Å². The fourth-order valence-corrected chi connectivity index (χ4v) is 5.37. The van der Waals surface area contributed by atoms with Gasteiger partial charge in [-0.25, -0.2) is 24.4 Å². The van der Waals surface area contributed by atoms with Crippen molar-refractivity contribution in [3.63, 3.8) is 0 Å². The zero-order valence-corrected chi connectivity index (χ0v) is 26.4. The first-order chi connectivity index (χ1) is 22.4. The maximum atomic E-state index is 12.9. The number of para-hydroxylation sites is 1. The van der Waals surface area contributed by atoms with E-state index in [9.17, 15) is 34.7 Å². The number of benzene rings is 3. The molecule has 4 rings (SSSR count). The Morgan fingerprint density at radius 2 is 1.49 bits per heavy atom. The van der Waals surface area contributed by atoms with Gasteiger partial charge >= 0.3 is 24.1 Å². The van der Waals surface area contributed by atoms with Gasteiger partial charge in [-0.2, -0.15) is 5.23 Å². The molecule has 1 aliphatic rings. The Balaban J connectivity index is 1.25. The third-order valence-electron chi connectivity index (χ3n) is 7.44. The van der Waals surface area contributed by atoms with Crippen LogP contribution in [0, 0.1) is 5.21 Å². The first-order valence-electron chi connectivity index (χ1n) is 15.2. The van der Waals surface area contributed by atoms with E-state index in [0.29, 0.717) is 12.8 Å². The fourth-order valence-electron chi connectivity index (χ4n) is 5.37. The van der Waals surface area contributed by atoms with E-state index in [-0.39, 0.29) is 36.7 Å². The van der Waals surface area contributed by atoms with Gasteiger partial charge in [0.05, 0.1) is 5.56 Å². The van der Waals surface area contributed by atoms with Crippen molar-refractivity contribution in [2.24, 2.45) is 0 Å². The van der Waals surface area contributed by atoms with Gasteiger partial charge < -0.3 is 35.2 Å². The lowest BCUT2D eigenvalue weighted by Gasteiger charge is -2.25. The highest BCUT2D eigenvalue weighted by atomic mass is 16.8. The largest absolute Gasteiger partial charge is 0.595 e. The van der Waals surface area contributed by atoms with Crippen LogP contribution in [0.15, 0.2) is 72.8 Å². The summed E-state index contributed by atoms with van der Waals surface area (Å²) < 4.78 is 16.1. The van der Waals surface area contributed by atoms with Crippen molar-refractivity contribution < 1.29 is 48.9 Å². The van der Waals surface area contributed by atoms with Gasteiger partial charge in [0.2, 0.25) is 6.10 Å². The summed E-state index contributed by atoms with van der Waals surface area (Å²) in [7, 11) is 0. The third kappa shape index (κ3) is 9.28. The number of hydrogen-bond donors (Lipinski definition) is 5. The van der Waals surface area contributed by atoms with E-state index in [1.165, 1.54) is 24.3 Å². The monoisotopic (exact) mass is 649 g/mol. The first kappa shape index (κ1) is 34.9. The number of aliphatic carboxylic acids is 1. The second-order valence-electron chi connectivity index (χ2n) is 12.0. The van der Waals surface area contributed by atoms with Gasteiger partial charge in [0.25, 0.3) is 0 Å². The molecular formula is C34H39N3O10. The quantitative estimate of drug-likeness (QED) is 0.0770. The number of carboxylic acids is 1. The second-order valence-corrected chi connectivity index (χ2v) is 12.0. The van der Waals surface area contributed by atoms with Crippen molar-refractivity contribution in [3.05, 3.63) is 94.7 Å². The molecule has 47 heavy (non-hydrogen) atoms. The van der Waals surface area contributed by atoms with Gasteiger partial charge in [0, 0.05) is 18.5 Å². The Kier molecular flexibility index (Phi) is 11.5. The van der Waals surface area contributed by atoms with Crippen molar-refractivity contribution in [3.8, 4) is 11.1 Å². The van der Waals surface area contributed by atoms with Crippen LogP contribution in [0.4, 0.5) is 15.3 Å². The average Bonchev–Trinajstić information content (AvgIpc) is 3.34. The molecule has 13 heteroatoms. The number of rotatable bonds is 13. The minimum absolute atomic E-state index is 0.0411. The number of hydrogen-bond acceptors (Lipinski definition) is 9. The Labute approximate surface area is 272 Å². The lowest BCUT2D eigenvalue weighted by atomic mass is 9.98. The molecule has 0 bridgehead atoms. The lowest BCUT2D eigenvalue weighted by Crippen LogP contribution is -2.99. The molecule has 3 aromatic rings. The highest BCUT2D eigenvalue weighted by Gasteiger charge is 2.34. The Bertz CT molecular complexity index is 1540. The van der Waals surface area contributed by atoms with Crippen molar-refractivity contribution in [2.75, 3.05) is 13.2 Å². The van der Waals surface area contributed by atoms with Crippen LogP contribution >= 0.6 is 0 Å². The minimum Gasteiger partial charge on any atom is -0.595 e. The van der Waals surface area contributed by atoms with Gasteiger partial charge in [0.1, 0.15) is 18.2 Å². The Morgan fingerprint density at radius 3 is 2.09 bits per heavy atom. The lowest BCUT2D eigenvalue weighted by molar-refractivity contribution is -0.991. The molecule has 1 aliphatic carbocycles. The molecule has 2 unspecified atom stereocenters. The van der Waals surface area contributed by atoms with Crippen LogP contribution in [0.25, 0.3) is 11.1 Å². The minimum atomic E-state index is -1.64. The summed E-state index contributed by atoms with van der Waals surface area (Å²) in [6, 6.07) is 20.1. The number of fused-ring (bicyclic) bond motifs is 3. The molecule has 2 amide bonds. The van der Waals surface area contributed by atoms with Gasteiger partial charge in [-0.3, -0.25) is 0 Å². The summed E-state index contributed by atoms with van der Waals surface area (Å²) in [4.78, 5) is 49.9. The highest BCUT2D eigenvalue weighted by molar-refractivity contribution is 5.82. The molecule has 3 atom stereocenters. The van der Waals surface area contributed by atoms with Crippen LogP contribution in [0.3, 0.4) is 0 Å². The zero-order valence-electron chi connectivity index (χ0n) is 26.4. The predicted molar refractivity (Wildman–Crippen MR) is 169 cm³/mol. The number of quaternary nitrogens is 1. The average molecular weight is 650 g/mol. The number of amides is 2. The van der Waals surface area contributed by atoms with Crippen molar-refractivity contribution >= 4 is 29.8 Å². The standard InChI is InChI=1S/C34H39N3O10/c1-34(2,3)47-31(40)29(25-16-8-9-18-28(25)37(43)44)46-32(41)35-19-11-10-17-27(30(38)39)36-33(42)45-20-26-23-14-6-4-12-21(23)22-13-5-7-15-24(22)26/h4-9,12-16,18,26-27,29,37,43H,10-11,17,19-20H2,1-3H3,(H,35,41)(H,36,42)(H,38,39)/t27-,29?/m0/s1. The smallest absolute Gasteiger partial charge is 0.408 e. The van der Waals surface area contributed by atoms with Crippen LogP contribution in [0.1, 0.15) is 68.7 Å². The van der Waals surface area contributed by atoms with Crippen LogP contribution in [0.5, 0.6) is 0 Å². The SMILES string of the molecule is CC(C)(C)OC(=O)C(OC(=O)NCCCC[C@H](NC(=O)OCC1c2ccccc2-c2ccccc21)C(=O)O)c1ccccc1[NH+]([O-])O. The number of esters is 1. The maximum absolute atomic E-state index is 12.9. The number of carboxylic acid groups (broad SMARTS) is 1. The molecule has 0 saturated heterocycles. The summed E-state index contributed by atoms with van der Waals surface area (Å²) >= 11 is 0. The third-order valence-corrected chi connectivity index (χ3v) is 7.44. The van der Waals surface area contributed by atoms with E-state index < -0.39 is 47.1 Å². The molecular weight excluding hydrogens is 610 g/mol. The zero-order chi connectivity index (χ0) is 34.1. The Morgan fingerprint density at radius 1 is 0.894 bits per heavy atom. The van der Waals surface area contributed by atoms with E-state index >= 15 is 0 Å². The normalized spacial score (nSPS) is 14.1. The predicted octanol–water partition coefficient (Wildman–Crippen LogP) is 4.36. The number of unbranched alkanes of at least 4 members (excludes halogenated alkanes) is 1. The van der Waals surface area contributed by atoms with E-state index in [1.807, 2.05) is 48.5 Å². The van der Waals surface area contributed by atoms with E-state index in [2.05, 4.69) is 10.6 Å². The van der Waals surface area contributed by atoms with Crippen LogP contribution < -0.4 is 15.9 Å². The van der Waals surface area contributed by atoms with Crippen LogP contribution in [0.2, 0.25) is 0 Å². The summed E-state index contributed by atoms with van der Waals surface area (Å²) in [6.07, 6.45) is -2.81. The molecule has 0 radical (unpaired) electrons. The molecule has 0 fully saturated rings. The van der Waals surface area contributed by atoms with Gasteiger partial charge in [0.15, 0.2) is 5.69 Å². The summed E-state index contributed by atoms with van der Waals surface area (Å²) in [5.74, 6) is -2.34. The number of nitrogens with one attached hydrogen (secondary N) is 3. The summed E-state index contributed by atoms with van der Waals surface area (Å²) in [6.45, 7) is 4.96. The van der Waals surface area contributed by atoms with Crippen LogP contribution in [-0.4, -0.2) is 59.2 Å². The van der Waals surface area contributed by atoms with Crippen molar-refractivity contribution in [2.45, 2.75) is 63.7 Å². The number of carbonyl (C=O) groups excluding carboxylic acids is 3. The Hall–Kier alpha value is -4.98. The molecule has 5 N–H and O–H groups in total. The molecule has 0 aromatic heterocycles. The maximum Gasteiger partial charge on any atom is 0.408 e. The fraction of sp³-hybridized carbons (Fsp3) is 0.353. The number of ether oxygens (including phenoxy) is 3. The molecule has 0 saturated carbocycles. The molecule has 0 spiro atoms. The van der Waals surface area contributed by atoms with Gasteiger partial charge in [-0.1, -0.05) is 60.7 Å². The van der Waals surface area contributed by atoms with E-state index in [0.717, 1.165) is 22.3 Å². The second kappa shape index (κ2) is 15.5. The molecule has 250 valence electrons. The summed E-state index contributed by atoms with van der Waals surface area (Å²) in [5, 5.41) is 34.5. The molecule has 13 nitrogen and oxygen atoms in total. The van der Waals surface area contributed by atoms with E-state index in [4.69, 9.17) is 14.2 Å². The van der Waals surface area contributed by atoms with Crippen molar-refractivity contribution in [1.82, 2.24) is 10.6 Å². The summed E-state index contributed by atoms with van der Waals surface area (Å²) in [5.41, 5.74) is 3.01. The van der Waals surface area contributed by atoms with Gasteiger partial charge in [-0.15, -0.1) is 0 Å².